The van der Waals surface area contributed by atoms with Crippen LogP contribution in [0.5, 0.6) is 5.75 Å². The van der Waals surface area contributed by atoms with Crippen LogP contribution < -0.4 is 10.1 Å². The Balaban J connectivity index is 2.30. The average Bonchev–Trinajstić information content (AvgIpc) is 2.56. The van der Waals surface area contributed by atoms with Gasteiger partial charge in [-0.1, -0.05) is 18.2 Å². The molecule has 0 spiro atoms. The molecule has 1 rings (SSSR count). The van der Waals surface area contributed by atoms with Gasteiger partial charge in [-0.05, 0) is 38.5 Å². The average molecular weight is 335 g/mol. The molecule has 24 heavy (non-hydrogen) atoms. The van der Waals surface area contributed by atoms with E-state index in [1.54, 1.807) is 6.92 Å². The maximum atomic E-state index is 11.7. The summed E-state index contributed by atoms with van der Waals surface area (Å²) in [5, 5.41) is 2.68. The van der Waals surface area contributed by atoms with Gasteiger partial charge in [0.1, 0.15) is 5.75 Å². The Bertz CT molecular complexity index is 539. The van der Waals surface area contributed by atoms with E-state index in [1.807, 2.05) is 38.1 Å². The van der Waals surface area contributed by atoms with Gasteiger partial charge in [-0.2, -0.15) is 0 Å². The lowest BCUT2D eigenvalue weighted by Crippen LogP contribution is -2.31. The standard InChI is InChI=1S/C18H25NO5/c1-5-10-22-14(4)18(21)23-12-17(20)19-11-15-6-8-16(9-7-15)24-13(2)3/h5-9,13-14H,1,10-12H2,2-4H3,(H,19,20). The summed E-state index contributed by atoms with van der Waals surface area (Å²) in [5.74, 6) is -0.175. The van der Waals surface area contributed by atoms with Gasteiger partial charge in [0.2, 0.25) is 0 Å². The molecule has 1 amide bonds. The van der Waals surface area contributed by atoms with Gasteiger partial charge in [-0.15, -0.1) is 6.58 Å². The molecule has 132 valence electrons. The molecule has 0 aromatic heterocycles. The molecule has 0 radical (unpaired) electrons. The van der Waals surface area contributed by atoms with Crippen LogP contribution >= 0.6 is 0 Å². The van der Waals surface area contributed by atoms with E-state index in [-0.39, 0.29) is 25.2 Å². The maximum Gasteiger partial charge on any atom is 0.335 e. The molecule has 0 aliphatic rings. The fourth-order valence-electron chi connectivity index (χ4n) is 1.74. The molecule has 0 saturated carbocycles. The van der Waals surface area contributed by atoms with Crippen molar-refractivity contribution in [2.75, 3.05) is 13.2 Å². The van der Waals surface area contributed by atoms with Crippen molar-refractivity contribution in [2.24, 2.45) is 0 Å². The summed E-state index contributed by atoms with van der Waals surface area (Å²) in [6.45, 7) is 9.22. The summed E-state index contributed by atoms with van der Waals surface area (Å²) in [6, 6.07) is 7.44. The normalized spacial score (nSPS) is 11.7. The first-order valence-corrected chi connectivity index (χ1v) is 7.83. The first kappa shape index (κ1) is 19.7. The zero-order valence-electron chi connectivity index (χ0n) is 14.4. The molecule has 1 N–H and O–H groups in total. The second-order valence-electron chi connectivity index (χ2n) is 5.46. The van der Waals surface area contributed by atoms with Crippen LogP contribution in [0.3, 0.4) is 0 Å². The Morgan fingerprint density at radius 1 is 1.21 bits per heavy atom. The van der Waals surface area contributed by atoms with Crippen LogP contribution in [0.15, 0.2) is 36.9 Å². The fourth-order valence-corrected chi connectivity index (χ4v) is 1.74. The first-order valence-electron chi connectivity index (χ1n) is 7.83. The van der Waals surface area contributed by atoms with Gasteiger partial charge in [0.15, 0.2) is 12.7 Å². The number of nitrogens with one attached hydrogen (secondary N) is 1. The Hall–Kier alpha value is -2.34. The van der Waals surface area contributed by atoms with Crippen LogP contribution in [0.2, 0.25) is 0 Å². The highest BCUT2D eigenvalue weighted by atomic mass is 16.6. The van der Waals surface area contributed by atoms with E-state index in [2.05, 4.69) is 11.9 Å². The first-order chi connectivity index (χ1) is 11.4. The molecule has 1 atom stereocenters. The van der Waals surface area contributed by atoms with Gasteiger partial charge >= 0.3 is 5.97 Å². The van der Waals surface area contributed by atoms with Gasteiger partial charge in [-0.25, -0.2) is 4.79 Å². The molecule has 0 aliphatic carbocycles. The zero-order chi connectivity index (χ0) is 17.9. The predicted molar refractivity (Wildman–Crippen MR) is 90.6 cm³/mol. The highest BCUT2D eigenvalue weighted by Crippen LogP contribution is 2.13. The molecule has 1 aromatic carbocycles. The van der Waals surface area contributed by atoms with E-state index < -0.39 is 12.1 Å². The third kappa shape index (κ3) is 7.78. The molecule has 6 heteroatoms. The van der Waals surface area contributed by atoms with Crippen molar-refractivity contribution < 1.29 is 23.8 Å². The minimum Gasteiger partial charge on any atom is -0.491 e. The third-order valence-electron chi connectivity index (χ3n) is 2.93. The van der Waals surface area contributed by atoms with Crippen LogP contribution in [0.4, 0.5) is 0 Å². The highest BCUT2D eigenvalue weighted by molar-refractivity contribution is 5.81. The van der Waals surface area contributed by atoms with E-state index in [9.17, 15) is 9.59 Å². The van der Waals surface area contributed by atoms with Crippen molar-refractivity contribution in [3.63, 3.8) is 0 Å². The summed E-state index contributed by atoms with van der Waals surface area (Å²) in [5.41, 5.74) is 0.925. The number of carbonyl (C=O) groups excluding carboxylic acids is 2. The summed E-state index contributed by atoms with van der Waals surface area (Å²) >= 11 is 0. The van der Waals surface area contributed by atoms with Crippen molar-refractivity contribution in [3.05, 3.63) is 42.5 Å². The van der Waals surface area contributed by atoms with Crippen LogP contribution in [-0.2, 0) is 25.6 Å². The third-order valence-corrected chi connectivity index (χ3v) is 2.93. The Morgan fingerprint density at radius 3 is 2.46 bits per heavy atom. The summed E-state index contributed by atoms with van der Waals surface area (Å²) in [7, 11) is 0. The molecular formula is C18H25NO5. The van der Waals surface area contributed by atoms with Crippen molar-refractivity contribution in [1.82, 2.24) is 5.32 Å². The molecule has 6 nitrogen and oxygen atoms in total. The van der Waals surface area contributed by atoms with E-state index in [0.29, 0.717) is 6.54 Å². The largest absolute Gasteiger partial charge is 0.491 e. The highest BCUT2D eigenvalue weighted by Gasteiger charge is 2.15. The van der Waals surface area contributed by atoms with Crippen LogP contribution in [0, 0.1) is 0 Å². The number of amides is 1. The Kier molecular flexibility index (Phi) is 8.57. The molecule has 0 aliphatic heterocycles. The summed E-state index contributed by atoms with van der Waals surface area (Å²) < 4.78 is 15.5. The minimum absolute atomic E-state index is 0.114. The molecule has 1 unspecified atom stereocenters. The van der Waals surface area contributed by atoms with Crippen LogP contribution in [-0.4, -0.2) is 37.3 Å². The molecule has 0 heterocycles. The minimum atomic E-state index is -0.732. The number of hydrogen-bond acceptors (Lipinski definition) is 5. The number of carbonyl (C=O) groups is 2. The van der Waals surface area contributed by atoms with E-state index in [0.717, 1.165) is 11.3 Å². The monoisotopic (exact) mass is 335 g/mol. The maximum absolute atomic E-state index is 11.7. The second-order valence-corrected chi connectivity index (χ2v) is 5.46. The number of benzene rings is 1. The van der Waals surface area contributed by atoms with Gasteiger partial charge in [0.05, 0.1) is 12.7 Å². The zero-order valence-corrected chi connectivity index (χ0v) is 14.4. The van der Waals surface area contributed by atoms with Crippen molar-refractivity contribution >= 4 is 11.9 Å². The number of esters is 1. The number of ether oxygens (including phenoxy) is 3. The predicted octanol–water partition coefficient (Wildman–Crippen LogP) is 2.22. The van der Waals surface area contributed by atoms with Gasteiger partial charge < -0.3 is 19.5 Å². The molecule has 0 fully saturated rings. The summed E-state index contributed by atoms with van der Waals surface area (Å²) in [4.78, 5) is 23.3. The number of rotatable bonds is 10. The molecule has 1 aromatic rings. The van der Waals surface area contributed by atoms with Crippen molar-refractivity contribution in [1.29, 1.82) is 0 Å². The topological polar surface area (TPSA) is 73.9 Å². The van der Waals surface area contributed by atoms with Gasteiger partial charge in [0, 0.05) is 6.54 Å². The van der Waals surface area contributed by atoms with E-state index in [4.69, 9.17) is 14.2 Å². The molecule has 0 saturated heterocycles. The smallest absolute Gasteiger partial charge is 0.335 e. The molecule has 0 bridgehead atoms. The Labute approximate surface area is 142 Å². The number of hydrogen-bond donors (Lipinski definition) is 1. The van der Waals surface area contributed by atoms with Crippen molar-refractivity contribution in [2.45, 2.75) is 39.5 Å². The van der Waals surface area contributed by atoms with Crippen LogP contribution in [0.1, 0.15) is 26.3 Å². The molecular weight excluding hydrogens is 310 g/mol. The van der Waals surface area contributed by atoms with Gasteiger partial charge in [-0.3, -0.25) is 4.79 Å². The fraction of sp³-hybridized carbons (Fsp3) is 0.444. The van der Waals surface area contributed by atoms with Crippen molar-refractivity contribution in [3.8, 4) is 5.75 Å². The SMILES string of the molecule is C=CCOC(C)C(=O)OCC(=O)NCc1ccc(OC(C)C)cc1. The second kappa shape index (κ2) is 10.4. The lowest BCUT2D eigenvalue weighted by Gasteiger charge is -2.12. The van der Waals surface area contributed by atoms with Gasteiger partial charge in [0.25, 0.3) is 5.91 Å². The van der Waals surface area contributed by atoms with E-state index >= 15 is 0 Å². The quantitative estimate of drug-likeness (QED) is 0.524. The summed E-state index contributed by atoms with van der Waals surface area (Å²) in [6.07, 6.45) is 0.918. The lowest BCUT2D eigenvalue weighted by atomic mass is 10.2. The lowest BCUT2D eigenvalue weighted by molar-refractivity contribution is -0.158. The van der Waals surface area contributed by atoms with E-state index in [1.165, 1.54) is 6.08 Å². The Morgan fingerprint density at radius 2 is 1.88 bits per heavy atom. The van der Waals surface area contributed by atoms with Crippen LogP contribution in [0.25, 0.3) is 0 Å².